The number of ether oxygens (including phenoxy) is 1. The molecular weight excluding hydrogens is 480 g/mol. The molecule has 200 valence electrons. The van der Waals surface area contributed by atoms with E-state index in [2.05, 4.69) is 29.7 Å². The van der Waals surface area contributed by atoms with Crippen molar-refractivity contribution in [2.75, 3.05) is 37.8 Å². The predicted octanol–water partition coefficient (Wildman–Crippen LogP) is 4.99. The molecule has 8 heteroatoms. The number of nitrogens with zero attached hydrogens (tertiary/aromatic N) is 2. The van der Waals surface area contributed by atoms with Crippen molar-refractivity contribution in [3.63, 3.8) is 0 Å². The lowest BCUT2D eigenvalue weighted by atomic mass is 9.99. The lowest BCUT2D eigenvalue weighted by Crippen LogP contribution is -2.48. The topological polar surface area (TPSA) is 101 Å². The van der Waals surface area contributed by atoms with Gasteiger partial charge in [0.2, 0.25) is 5.91 Å². The van der Waals surface area contributed by atoms with Crippen LogP contribution in [0.1, 0.15) is 36.8 Å². The number of quaternary nitrogens is 1. The summed E-state index contributed by atoms with van der Waals surface area (Å²) in [6.45, 7) is 1.89. The molecule has 3 N–H and O–H groups in total. The molecule has 0 atom stereocenters. The summed E-state index contributed by atoms with van der Waals surface area (Å²) in [5.74, 6) is 0.344. The summed E-state index contributed by atoms with van der Waals surface area (Å²) >= 11 is 0. The van der Waals surface area contributed by atoms with Crippen LogP contribution in [0.15, 0.2) is 66.9 Å². The summed E-state index contributed by atoms with van der Waals surface area (Å²) in [4.78, 5) is 29.3. The van der Waals surface area contributed by atoms with Gasteiger partial charge in [-0.1, -0.05) is 48.5 Å². The Balaban J connectivity index is 1.37. The van der Waals surface area contributed by atoms with Gasteiger partial charge in [0, 0.05) is 31.0 Å². The average molecular weight is 518 g/mol. The van der Waals surface area contributed by atoms with Gasteiger partial charge in [0.15, 0.2) is 0 Å². The van der Waals surface area contributed by atoms with Crippen LogP contribution >= 0.6 is 0 Å². The van der Waals surface area contributed by atoms with Crippen molar-refractivity contribution in [3.8, 4) is 11.1 Å². The number of aromatic nitrogens is 1. The molecule has 2 amide bonds. The molecule has 1 saturated heterocycles. The highest BCUT2D eigenvalue weighted by Gasteiger charge is 2.28. The van der Waals surface area contributed by atoms with E-state index in [4.69, 9.17) is 9.84 Å². The van der Waals surface area contributed by atoms with Crippen LogP contribution in [-0.4, -0.2) is 59.9 Å². The van der Waals surface area contributed by atoms with Crippen molar-refractivity contribution < 1.29 is 23.9 Å². The second kappa shape index (κ2) is 12.7. The van der Waals surface area contributed by atoms with Crippen LogP contribution in [-0.2, 0) is 22.6 Å². The monoisotopic (exact) mass is 517 g/mol. The van der Waals surface area contributed by atoms with Gasteiger partial charge in [-0.3, -0.25) is 10.1 Å². The van der Waals surface area contributed by atoms with Gasteiger partial charge in [0.25, 0.3) is 0 Å². The number of aliphatic hydroxyl groups excluding tert-OH is 1. The van der Waals surface area contributed by atoms with Crippen LogP contribution in [0.25, 0.3) is 11.1 Å². The Morgan fingerprint density at radius 1 is 1.00 bits per heavy atom. The van der Waals surface area contributed by atoms with Crippen molar-refractivity contribution >= 4 is 23.5 Å². The summed E-state index contributed by atoms with van der Waals surface area (Å²) < 4.78 is 6.72. The molecule has 2 heterocycles. The van der Waals surface area contributed by atoms with Crippen molar-refractivity contribution in [2.45, 2.75) is 44.8 Å². The number of rotatable bonds is 9. The summed E-state index contributed by atoms with van der Waals surface area (Å²) in [5.41, 5.74) is 4.34. The van der Waals surface area contributed by atoms with Crippen LogP contribution in [0, 0.1) is 0 Å². The number of piperidine rings is 1. The molecule has 0 aliphatic carbocycles. The van der Waals surface area contributed by atoms with E-state index < -0.39 is 6.09 Å². The summed E-state index contributed by atoms with van der Waals surface area (Å²) in [6, 6.07) is 19.3. The molecule has 0 spiro atoms. The first-order chi connectivity index (χ1) is 18.3. The van der Waals surface area contributed by atoms with E-state index in [1.54, 1.807) is 12.1 Å². The zero-order chi connectivity index (χ0) is 27.0. The van der Waals surface area contributed by atoms with Gasteiger partial charge in [0.05, 0.1) is 39.5 Å². The van der Waals surface area contributed by atoms with Gasteiger partial charge in [-0.2, -0.15) is 0 Å². The number of hydrogen-bond acceptors (Lipinski definition) is 5. The third-order valence-corrected chi connectivity index (χ3v) is 6.94. The number of hydrogen-bond donors (Lipinski definition) is 3. The van der Waals surface area contributed by atoms with Crippen LogP contribution < -0.4 is 10.6 Å². The van der Waals surface area contributed by atoms with Crippen molar-refractivity contribution in [1.29, 1.82) is 0 Å². The number of aryl methyl sites for hydroxylation is 1. The minimum atomic E-state index is -0.435. The van der Waals surface area contributed by atoms with Gasteiger partial charge in [-0.15, -0.1) is 0 Å². The summed E-state index contributed by atoms with van der Waals surface area (Å²) in [7, 11) is 4.40. The molecule has 1 aliphatic rings. The molecule has 0 radical (unpaired) electrons. The first-order valence-corrected chi connectivity index (χ1v) is 13.1. The second-order valence-electron chi connectivity index (χ2n) is 10.5. The molecule has 8 nitrogen and oxygen atoms in total. The molecule has 0 bridgehead atoms. The zero-order valence-electron chi connectivity index (χ0n) is 22.2. The van der Waals surface area contributed by atoms with Crippen molar-refractivity contribution in [3.05, 3.63) is 78.0 Å². The normalized spacial score (nSPS) is 15.0. The van der Waals surface area contributed by atoms with Gasteiger partial charge < -0.3 is 19.6 Å². The number of benzene rings is 2. The van der Waals surface area contributed by atoms with E-state index in [9.17, 15) is 9.59 Å². The molecule has 3 aromatic rings. The lowest BCUT2D eigenvalue weighted by Gasteiger charge is -2.36. The minimum Gasteiger partial charge on any atom is -0.446 e. The zero-order valence-corrected chi connectivity index (χ0v) is 22.2. The third kappa shape index (κ3) is 7.87. The maximum atomic E-state index is 12.8. The Kier molecular flexibility index (Phi) is 9.10. The van der Waals surface area contributed by atoms with Gasteiger partial charge >= 0.3 is 6.09 Å². The Morgan fingerprint density at radius 3 is 2.42 bits per heavy atom. The maximum Gasteiger partial charge on any atom is 0.411 e. The Hall–Kier alpha value is -3.75. The van der Waals surface area contributed by atoms with Crippen LogP contribution in [0.3, 0.4) is 0 Å². The summed E-state index contributed by atoms with van der Waals surface area (Å²) in [6.07, 6.45) is 4.41. The fourth-order valence-corrected chi connectivity index (χ4v) is 4.62. The molecule has 1 fully saturated rings. The van der Waals surface area contributed by atoms with Gasteiger partial charge in [0.1, 0.15) is 11.9 Å². The number of anilines is 2. The Labute approximate surface area is 224 Å². The lowest BCUT2D eigenvalue weighted by molar-refractivity contribution is -0.896. The van der Waals surface area contributed by atoms with E-state index in [0.717, 1.165) is 47.1 Å². The Bertz CT molecular complexity index is 1220. The first kappa shape index (κ1) is 27.3. The number of carbonyl (C=O) groups is 2. The molecule has 1 aliphatic heterocycles. The van der Waals surface area contributed by atoms with E-state index >= 15 is 0 Å². The third-order valence-electron chi connectivity index (χ3n) is 6.94. The highest BCUT2D eigenvalue weighted by atomic mass is 16.6. The van der Waals surface area contributed by atoms with E-state index in [1.165, 1.54) is 6.20 Å². The fourth-order valence-electron chi connectivity index (χ4n) is 4.62. The molecule has 1 aromatic heterocycles. The van der Waals surface area contributed by atoms with Crippen molar-refractivity contribution in [2.24, 2.45) is 0 Å². The molecular formula is C30H37N4O4+. The standard InChI is InChI=1S/C30H36N4O4/c1-34(2)17-15-25(16-18-34)38-30(37)32-27-19-22(11-13-26(27)24-8-4-3-5-9-24)7-6-10-29(36)33-28-14-12-23(21-35)20-31-28/h3-5,8-9,11-14,19-20,25,35H,6-7,10,15-18,21H2,1-2H3,(H-,31,32,33,36,37)/p+1. The smallest absolute Gasteiger partial charge is 0.411 e. The number of pyridine rings is 1. The first-order valence-electron chi connectivity index (χ1n) is 13.1. The van der Waals surface area contributed by atoms with E-state index in [-0.39, 0.29) is 18.6 Å². The molecule has 4 rings (SSSR count). The van der Waals surface area contributed by atoms with Crippen LogP contribution in [0.4, 0.5) is 16.3 Å². The fraction of sp³-hybridized carbons (Fsp3) is 0.367. The van der Waals surface area contributed by atoms with Crippen LogP contribution in [0.2, 0.25) is 0 Å². The second-order valence-corrected chi connectivity index (χ2v) is 10.5. The number of carbonyl (C=O) groups excluding carboxylic acids is 2. The maximum absolute atomic E-state index is 12.8. The van der Waals surface area contributed by atoms with Gasteiger partial charge in [-0.25, -0.2) is 9.78 Å². The van der Waals surface area contributed by atoms with Crippen molar-refractivity contribution in [1.82, 2.24) is 4.98 Å². The van der Waals surface area contributed by atoms with Crippen LogP contribution in [0.5, 0.6) is 0 Å². The number of amides is 2. The van der Waals surface area contributed by atoms with E-state index in [0.29, 0.717) is 36.3 Å². The quantitative estimate of drug-likeness (QED) is 0.347. The largest absolute Gasteiger partial charge is 0.446 e. The minimum absolute atomic E-state index is 0.0719. The number of nitrogens with one attached hydrogen (secondary N) is 2. The molecule has 2 aromatic carbocycles. The molecule has 0 unspecified atom stereocenters. The van der Waals surface area contributed by atoms with Gasteiger partial charge in [-0.05, 0) is 41.7 Å². The highest BCUT2D eigenvalue weighted by molar-refractivity contribution is 5.92. The number of likely N-dealkylation sites (tertiary alicyclic amines) is 1. The summed E-state index contributed by atoms with van der Waals surface area (Å²) in [5, 5.41) is 14.9. The van der Waals surface area contributed by atoms with E-state index in [1.807, 2.05) is 48.5 Å². The SMILES string of the molecule is C[N+]1(C)CCC(OC(=O)Nc2cc(CCCC(=O)Nc3ccc(CO)cn3)ccc2-c2ccccc2)CC1. The molecule has 0 saturated carbocycles. The highest BCUT2D eigenvalue weighted by Crippen LogP contribution is 2.30. The predicted molar refractivity (Wildman–Crippen MR) is 149 cm³/mol. The molecule has 38 heavy (non-hydrogen) atoms. The number of aliphatic hydroxyl groups is 1. The Morgan fingerprint density at radius 2 is 1.74 bits per heavy atom. The average Bonchev–Trinajstić information content (AvgIpc) is 2.91.